The van der Waals surface area contributed by atoms with Gasteiger partial charge in [-0.3, -0.25) is 9.69 Å². The molecule has 2 aromatic carbocycles. The number of carbonyl (C=O) groups is 1. The van der Waals surface area contributed by atoms with E-state index < -0.39 is 0 Å². The normalized spacial score (nSPS) is 10.7. The zero-order chi connectivity index (χ0) is 21.5. The molecule has 0 radical (unpaired) electrons. The Morgan fingerprint density at radius 3 is 2.63 bits per heavy atom. The van der Waals surface area contributed by atoms with E-state index in [1.54, 1.807) is 50.5 Å². The molecule has 8 heteroatoms. The Kier molecular flexibility index (Phi) is 7.68. The number of hydrogen-bond acceptors (Lipinski definition) is 6. The van der Waals surface area contributed by atoms with Gasteiger partial charge in [-0.15, -0.1) is 11.3 Å². The fourth-order valence-electron chi connectivity index (χ4n) is 2.96. The molecule has 1 heterocycles. The van der Waals surface area contributed by atoms with Gasteiger partial charge in [0, 0.05) is 31.2 Å². The topological polar surface area (TPSA) is 60.9 Å². The molecule has 3 aromatic rings. The van der Waals surface area contributed by atoms with Crippen LogP contribution in [0.25, 0.3) is 11.3 Å². The van der Waals surface area contributed by atoms with Crippen LogP contribution >= 0.6 is 22.9 Å². The quantitative estimate of drug-likeness (QED) is 0.424. The summed E-state index contributed by atoms with van der Waals surface area (Å²) in [6.07, 6.45) is 0.671. The molecule has 0 atom stereocenters. The average Bonchev–Trinajstić information content (AvgIpc) is 3.26. The Bertz CT molecular complexity index is 1010. The number of hydrogen-bond donors (Lipinski definition) is 0. The van der Waals surface area contributed by atoms with Gasteiger partial charge in [0.25, 0.3) is 5.91 Å². The number of nitrogens with zero attached hydrogens (tertiary/aromatic N) is 2. The number of methoxy groups -OCH3 is 3. The molecule has 0 aliphatic carbocycles. The van der Waals surface area contributed by atoms with Crippen molar-refractivity contribution >= 4 is 34.0 Å². The highest BCUT2D eigenvalue weighted by molar-refractivity contribution is 7.14. The van der Waals surface area contributed by atoms with Crippen molar-refractivity contribution in [2.45, 2.75) is 6.42 Å². The number of thiazole rings is 1. The van der Waals surface area contributed by atoms with Crippen LogP contribution in [0.5, 0.6) is 11.5 Å². The van der Waals surface area contributed by atoms with Gasteiger partial charge in [-0.1, -0.05) is 23.7 Å². The first-order valence-electron chi connectivity index (χ1n) is 9.32. The van der Waals surface area contributed by atoms with E-state index in [4.69, 9.17) is 30.8 Å². The lowest BCUT2D eigenvalue weighted by Crippen LogP contribution is -2.32. The fourth-order valence-corrected chi connectivity index (χ4v) is 4.02. The molecular weight excluding hydrogens is 424 g/mol. The van der Waals surface area contributed by atoms with E-state index in [0.29, 0.717) is 52.5 Å². The smallest absolute Gasteiger partial charge is 0.261 e. The summed E-state index contributed by atoms with van der Waals surface area (Å²) in [7, 11) is 4.85. The third-order valence-corrected chi connectivity index (χ3v) is 5.68. The molecule has 0 aliphatic heterocycles. The SMILES string of the molecule is COCCCN(C(=O)c1ccccc1Cl)c1nc(-c2cc(OC)ccc2OC)cs1. The van der Waals surface area contributed by atoms with E-state index in [9.17, 15) is 4.79 Å². The van der Waals surface area contributed by atoms with Gasteiger partial charge in [0.2, 0.25) is 0 Å². The Balaban J connectivity index is 1.97. The molecule has 1 aromatic heterocycles. The van der Waals surface area contributed by atoms with E-state index in [-0.39, 0.29) is 5.91 Å². The number of amides is 1. The van der Waals surface area contributed by atoms with Crippen molar-refractivity contribution in [2.75, 3.05) is 39.4 Å². The Hall–Kier alpha value is -2.61. The third-order valence-electron chi connectivity index (χ3n) is 4.49. The minimum absolute atomic E-state index is 0.199. The Morgan fingerprint density at radius 1 is 1.13 bits per heavy atom. The second-order valence-corrected chi connectivity index (χ2v) is 7.61. The van der Waals surface area contributed by atoms with Gasteiger partial charge in [0.05, 0.1) is 30.5 Å². The third kappa shape index (κ3) is 4.92. The predicted molar refractivity (Wildman–Crippen MR) is 120 cm³/mol. The van der Waals surface area contributed by atoms with Crippen LogP contribution in [0.4, 0.5) is 5.13 Å². The molecule has 0 bridgehead atoms. The largest absolute Gasteiger partial charge is 0.497 e. The van der Waals surface area contributed by atoms with Crippen molar-refractivity contribution in [1.82, 2.24) is 4.98 Å². The highest BCUT2D eigenvalue weighted by Crippen LogP contribution is 2.36. The van der Waals surface area contributed by atoms with Crippen molar-refractivity contribution in [2.24, 2.45) is 0 Å². The van der Waals surface area contributed by atoms with Gasteiger partial charge in [-0.25, -0.2) is 4.98 Å². The molecule has 0 N–H and O–H groups in total. The molecule has 3 rings (SSSR count). The summed E-state index contributed by atoms with van der Waals surface area (Å²) in [5.41, 5.74) is 1.93. The van der Waals surface area contributed by atoms with Crippen LogP contribution in [0.2, 0.25) is 5.02 Å². The van der Waals surface area contributed by atoms with Crippen LogP contribution in [0.3, 0.4) is 0 Å². The van der Waals surface area contributed by atoms with Gasteiger partial charge in [-0.05, 0) is 36.8 Å². The number of rotatable bonds is 9. The molecule has 6 nitrogen and oxygen atoms in total. The summed E-state index contributed by atoms with van der Waals surface area (Å²) in [5, 5.41) is 2.89. The van der Waals surface area contributed by atoms with E-state index in [0.717, 1.165) is 5.56 Å². The van der Waals surface area contributed by atoms with Crippen LogP contribution in [-0.2, 0) is 4.74 Å². The van der Waals surface area contributed by atoms with Crippen molar-refractivity contribution in [3.05, 3.63) is 58.4 Å². The molecule has 0 unspecified atom stereocenters. The van der Waals surface area contributed by atoms with Gasteiger partial charge in [-0.2, -0.15) is 0 Å². The highest BCUT2D eigenvalue weighted by atomic mass is 35.5. The summed E-state index contributed by atoms with van der Waals surface area (Å²) in [4.78, 5) is 19.6. The van der Waals surface area contributed by atoms with Crippen LogP contribution in [0, 0.1) is 0 Å². The number of aromatic nitrogens is 1. The number of anilines is 1. The minimum Gasteiger partial charge on any atom is -0.497 e. The van der Waals surface area contributed by atoms with Crippen LogP contribution in [-0.4, -0.2) is 45.4 Å². The average molecular weight is 447 g/mol. The second-order valence-electron chi connectivity index (χ2n) is 6.36. The molecular formula is C22H23ClN2O4S. The lowest BCUT2D eigenvalue weighted by atomic mass is 10.1. The van der Waals surface area contributed by atoms with Crippen LogP contribution in [0.1, 0.15) is 16.8 Å². The number of carbonyl (C=O) groups excluding carboxylic acids is 1. The standard InChI is InChI=1S/C22H23ClN2O4S/c1-27-12-6-11-25(21(26)16-7-4-5-8-18(16)23)22-24-19(14-30-22)17-13-15(28-2)9-10-20(17)29-3/h4-5,7-10,13-14H,6,11-12H2,1-3H3. The summed E-state index contributed by atoms with van der Waals surface area (Å²) >= 11 is 7.65. The summed E-state index contributed by atoms with van der Waals surface area (Å²) < 4.78 is 16.0. The van der Waals surface area contributed by atoms with Crippen LogP contribution < -0.4 is 14.4 Å². The highest BCUT2D eigenvalue weighted by Gasteiger charge is 2.23. The van der Waals surface area contributed by atoms with Crippen molar-refractivity contribution < 1.29 is 19.0 Å². The van der Waals surface area contributed by atoms with Gasteiger partial charge >= 0.3 is 0 Å². The first kappa shape index (κ1) is 22.1. The van der Waals surface area contributed by atoms with Gasteiger partial charge in [0.1, 0.15) is 11.5 Å². The molecule has 0 saturated carbocycles. The van der Waals surface area contributed by atoms with E-state index in [1.165, 1.54) is 11.3 Å². The second kappa shape index (κ2) is 10.4. The summed E-state index contributed by atoms with van der Waals surface area (Å²) in [6, 6.07) is 12.5. The number of benzene rings is 2. The maximum Gasteiger partial charge on any atom is 0.261 e. The lowest BCUT2D eigenvalue weighted by Gasteiger charge is -2.20. The molecule has 0 fully saturated rings. The van der Waals surface area contributed by atoms with E-state index >= 15 is 0 Å². The maximum absolute atomic E-state index is 13.3. The van der Waals surface area contributed by atoms with Crippen LogP contribution in [0.15, 0.2) is 47.8 Å². The first-order chi connectivity index (χ1) is 14.6. The summed E-state index contributed by atoms with van der Waals surface area (Å²) in [5.74, 6) is 1.18. The van der Waals surface area contributed by atoms with E-state index in [1.807, 2.05) is 23.6 Å². The van der Waals surface area contributed by atoms with Crippen molar-refractivity contribution in [1.29, 1.82) is 0 Å². The molecule has 1 amide bonds. The zero-order valence-electron chi connectivity index (χ0n) is 17.1. The Labute approximate surface area is 185 Å². The first-order valence-corrected chi connectivity index (χ1v) is 10.6. The molecule has 158 valence electrons. The molecule has 0 saturated heterocycles. The van der Waals surface area contributed by atoms with Gasteiger partial charge in [0.15, 0.2) is 5.13 Å². The fraction of sp³-hybridized carbons (Fsp3) is 0.273. The number of halogens is 1. The predicted octanol–water partition coefficient (Wildman–Crippen LogP) is 5.16. The Morgan fingerprint density at radius 2 is 1.93 bits per heavy atom. The zero-order valence-corrected chi connectivity index (χ0v) is 18.6. The van der Waals surface area contributed by atoms with E-state index in [2.05, 4.69) is 0 Å². The monoisotopic (exact) mass is 446 g/mol. The van der Waals surface area contributed by atoms with Crippen molar-refractivity contribution in [3.63, 3.8) is 0 Å². The molecule has 30 heavy (non-hydrogen) atoms. The van der Waals surface area contributed by atoms with Gasteiger partial charge < -0.3 is 14.2 Å². The molecule has 0 spiro atoms. The maximum atomic E-state index is 13.3. The minimum atomic E-state index is -0.199. The van der Waals surface area contributed by atoms with Crippen molar-refractivity contribution in [3.8, 4) is 22.8 Å². The number of ether oxygens (including phenoxy) is 3. The lowest BCUT2D eigenvalue weighted by molar-refractivity contribution is 0.0983. The summed E-state index contributed by atoms with van der Waals surface area (Å²) in [6.45, 7) is 0.994. The molecule has 0 aliphatic rings.